The van der Waals surface area contributed by atoms with E-state index in [1.807, 2.05) is 69.4 Å². The average Bonchev–Trinajstić information content (AvgIpc) is 3.78. The van der Waals surface area contributed by atoms with E-state index in [2.05, 4.69) is 120 Å². The SMILES string of the molecule is [2H]C([2H])(c1ccnc(-c2[c-]cc3oc4c(C(C)C)c(-c5ccccc5)ccc4c3c2)c1)C(C)(C)C.[CH3][Ge]([CH3])([CH3])[c]1ccc(-c2[c-]cc3oc4ccccc4c3c2)nc1.[Ir]. The molecule has 0 N–H and O–H groups in total. The molecule has 57 heavy (non-hydrogen) atoms. The third-order valence-corrected chi connectivity index (χ3v) is 14.3. The van der Waals surface area contributed by atoms with E-state index in [0.29, 0.717) is 11.3 Å². The van der Waals surface area contributed by atoms with Crippen molar-refractivity contribution < 1.29 is 31.7 Å². The summed E-state index contributed by atoms with van der Waals surface area (Å²) in [6.07, 6.45) is 2.24. The molecule has 289 valence electrons. The van der Waals surface area contributed by atoms with E-state index in [-0.39, 0.29) is 26.0 Å². The number of nitrogens with zero attached hydrogens (tertiary/aromatic N) is 2. The summed E-state index contributed by atoms with van der Waals surface area (Å²) in [5, 5.41) is 4.34. The molecule has 5 aromatic carbocycles. The Morgan fingerprint density at radius 1 is 0.684 bits per heavy atom. The molecule has 4 nitrogen and oxygen atoms in total. The van der Waals surface area contributed by atoms with E-state index in [1.165, 1.54) is 21.1 Å². The number of fused-ring (bicyclic) bond motifs is 6. The molecule has 0 aliphatic heterocycles. The summed E-state index contributed by atoms with van der Waals surface area (Å²) in [7, 11) is 0. The van der Waals surface area contributed by atoms with Crippen molar-refractivity contribution in [2.75, 3.05) is 0 Å². The minimum atomic E-state index is -1.81. The first-order chi connectivity index (χ1) is 27.6. The van der Waals surface area contributed by atoms with Crippen LogP contribution in [0.25, 0.3) is 77.5 Å². The van der Waals surface area contributed by atoms with Crippen LogP contribution in [-0.4, -0.2) is 23.2 Å². The van der Waals surface area contributed by atoms with Crippen molar-refractivity contribution in [2.24, 2.45) is 5.41 Å². The Balaban J connectivity index is 0.000000191. The van der Waals surface area contributed by atoms with Crippen molar-refractivity contribution in [1.82, 2.24) is 9.97 Å². The Labute approximate surface area is 355 Å². The van der Waals surface area contributed by atoms with Crippen LogP contribution in [-0.2, 0) is 26.5 Å². The fraction of sp³-hybridized carbons (Fsp3) is 0.216. The predicted molar refractivity (Wildman–Crippen MR) is 237 cm³/mol. The van der Waals surface area contributed by atoms with Crippen molar-refractivity contribution in [3.05, 3.63) is 151 Å². The standard InChI is InChI=1S/C31H30NO.C20H18GeNO.Ir/c1-20(2)29-24(22-9-7-6-8-10-22)12-13-25-26-18-23(11-14-28(26)33-30(25)29)27-17-21(15-16-32-27)19-31(3,4)5;1-21(2,3)15-9-10-18(22-13-15)14-8-11-20-17(12-14)16-6-4-5-7-19(16)23-20;/h6-10,12-18,20H,19H2,1-5H3;4-7,9-13H,1-3H3;/q2*-1;/i19D2;;. The molecule has 0 saturated carbocycles. The second-order valence-corrected chi connectivity index (χ2v) is 27.5. The van der Waals surface area contributed by atoms with E-state index >= 15 is 0 Å². The molecule has 0 fully saturated rings. The second-order valence-electron chi connectivity index (χ2n) is 16.9. The van der Waals surface area contributed by atoms with Crippen LogP contribution in [0.5, 0.6) is 0 Å². The normalized spacial score (nSPS) is 12.7. The molecule has 0 bridgehead atoms. The molecule has 6 heteroatoms. The molecule has 9 rings (SSSR count). The molecular formula is C51H48GeIrN2O2-2. The number of furan rings is 2. The number of para-hydroxylation sites is 1. The topological polar surface area (TPSA) is 52.1 Å². The summed E-state index contributed by atoms with van der Waals surface area (Å²) in [5.41, 5.74) is 10.6. The van der Waals surface area contributed by atoms with E-state index in [9.17, 15) is 0 Å². The maximum Gasteiger partial charge on any atom is 0 e. The van der Waals surface area contributed by atoms with Gasteiger partial charge in [0.1, 0.15) is 5.58 Å². The van der Waals surface area contributed by atoms with Crippen LogP contribution < -0.4 is 4.40 Å². The first-order valence-electron chi connectivity index (χ1n) is 20.3. The van der Waals surface area contributed by atoms with Gasteiger partial charge >= 0.3 is 138 Å². The molecule has 0 saturated heterocycles. The van der Waals surface area contributed by atoms with E-state index in [0.717, 1.165) is 60.7 Å². The fourth-order valence-electron chi connectivity index (χ4n) is 7.30. The Morgan fingerprint density at radius 3 is 2.02 bits per heavy atom. The molecule has 0 spiro atoms. The number of benzene rings is 5. The predicted octanol–water partition coefficient (Wildman–Crippen LogP) is 13.8. The first kappa shape index (κ1) is 37.8. The van der Waals surface area contributed by atoms with Crippen molar-refractivity contribution >= 4 is 61.5 Å². The van der Waals surface area contributed by atoms with E-state index < -0.39 is 25.1 Å². The summed E-state index contributed by atoms with van der Waals surface area (Å²) in [6.45, 7) is 10.1. The van der Waals surface area contributed by atoms with Crippen LogP contribution in [0.1, 0.15) is 54.4 Å². The maximum atomic E-state index is 8.66. The van der Waals surface area contributed by atoms with Crippen LogP contribution in [0.3, 0.4) is 0 Å². The largest absolute Gasteiger partial charge is 0 e. The Hall–Kier alpha value is -4.81. The second kappa shape index (κ2) is 16.2. The molecule has 4 heterocycles. The third-order valence-electron chi connectivity index (χ3n) is 10.0. The Kier molecular flexibility index (Phi) is 10.7. The van der Waals surface area contributed by atoms with Crippen LogP contribution in [0.2, 0.25) is 17.3 Å². The van der Waals surface area contributed by atoms with Crippen LogP contribution in [0.15, 0.2) is 136 Å². The van der Waals surface area contributed by atoms with Gasteiger partial charge in [-0.05, 0) is 40.6 Å². The van der Waals surface area contributed by atoms with Gasteiger partial charge in [0, 0.05) is 40.0 Å². The first-order valence-corrected chi connectivity index (χ1v) is 26.7. The average molecular weight is 988 g/mol. The van der Waals surface area contributed by atoms with Gasteiger partial charge in [-0.3, -0.25) is 0 Å². The van der Waals surface area contributed by atoms with Crippen LogP contribution in [0.4, 0.5) is 0 Å². The van der Waals surface area contributed by atoms with Crippen LogP contribution in [0, 0.1) is 17.5 Å². The fourth-order valence-corrected chi connectivity index (χ4v) is 9.47. The van der Waals surface area contributed by atoms with E-state index in [4.69, 9.17) is 11.6 Å². The Morgan fingerprint density at radius 2 is 1.35 bits per heavy atom. The smallest absolute Gasteiger partial charge is 0 e. The molecule has 0 atom stereocenters. The van der Waals surface area contributed by atoms with Gasteiger partial charge < -0.3 is 9.40 Å². The van der Waals surface area contributed by atoms with Gasteiger partial charge in [-0.2, -0.15) is 0 Å². The molecular weight excluding hydrogens is 937 g/mol. The van der Waals surface area contributed by atoms with Gasteiger partial charge in [0.15, 0.2) is 0 Å². The van der Waals surface area contributed by atoms with Gasteiger partial charge in [0.25, 0.3) is 0 Å². The minimum Gasteiger partial charge on any atom is 0 e. The monoisotopic (exact) mass is 989 g/mol. The number of rotatable bonds is 6. The number of aromatic nitrogens is 2. The van der Waals surface area contributed by atoms with Gasteiger partial charge in [-0.25, -0.2) is 0 Å². The number of hydrogen-bond donors (Lipinski definition) is 0. The van der Waals surface area contributed by atoms with Gasteiger partial charge in [-0.1, -0.05) is 94.1 Å². The zero-order valence-corrected chi connectivity index (χ0v) is 38.2. The molecule has 4 aromatic heterocycles. The molecule has 0 amide bonds. The molecule has 0 unspecified atom stereocenters. The zero-order valence-electron chi connectivity index (χ0n) is 35.7. The molecule has 9 aromatic rings. The van der Waals surface area contributed by atoms with Crippen molar-refractivity contribution in [1.29, 1.82) is 0 Å². The summed E-state index contributed by atoms with van der Waals surface area (Å²) < 4.78 is 31.0. The number of pyridine rings is 2. The van der Waals surface area contributed by atoms with Crippen LogP contribution >= 0.6 is 0 Å². The van der Waals surface area contributed by atoms with E-state index in [1.54, 1.807) is 12.3 Å². The van der Waals surface area contributed by atoms with Crippen molar-refractivity contribution in [3.63, 3.8) is 0 Å². The summed E-state index contributed by atoms with van der Waals surface area (Å²) in [6, 6.07) is 45.4. The zero-order chi connectivity index (χ0) is 41.0. The minimum absolute atomic E-state index is 0. The summed E-state index contributed by atoms with van der Waals surface area (Å²) in [5.74, 6) is 7.43. The van der Waals surface area contributed by atoms with Gasteiger partial charge in [-0.15, -0.1) is 23.8 Å². The van der Waals surface area contributed by atoms with Gasteiger partial charge in [0.05, 0.1) is 5.58 Å². The summed E-state index contributed by atoms with van der Waals surface area (Å²) >= 11 is -1.81. The molecule has 0 aliphatic rings. The van der Waals surface area contributed by atoms with Gasteiger partial charge in [0.2, 0.25) is 0 Å². The van der Waals surface area contributed by atoms with Crippen molar-refractivity contribution in [2.45, 2.75) is 64.2 Å². The molecule has 1 radical (unpaired) electrons. The van der Waals surface area contributed by atoms with Crippen molar-refractivity contribution in [3.8, 4) is 33.6 Å². The quantitative estimate of drug-likeness (QED) is 0.123. The third kappa shape index (κ3) is 8.58. The Bertz CT molecular complexity index is 2920. The summed E-state index contributed by atoms with van der Waals surface area (Å²) in [4.78, 5) is 9.22. The molecule has 0 aliphatic carbocycles. The maximum absolute atomic E-state index is 8.66. The number of hydrogen-bond acceptors (Lipinski definition) is 4.